The van der Waals surface area contributed by atoms with E-state index in [9.17, 15) is 9.59 Å². The van der Waals surface area contributed by atoms with Crippen molar-refractivity contribution in [2.45, 2.75) is 19.8 Å². The number of carboxylic acid groups (broad SMARTS) is 1. The topological polar surface area (TPSA) is 75.6 Å². The lowest BCUT2D eigenvalue weighted by Gasteiger charge is -2.02. The fraction of sp³-hybridized carbons (Fsp3) is 0.571. The lowest BCUT2D eigenvalue weighted by atomic mass is 10.4. The summed E-state index contributed by atoms with van der Waals surface area (Å²) in [5.74, 6) is -0.164. The van der Waals surface area contributed by atoms with E-state index >= 15 is 0 Å². The molecule has 0 aromatic carbocycles. The zero-order chi connectivity index (χ0) is 9.40. The maximum atomic E-state index is 10.2. The average Bonchev–Trinajstić information content (AvgIpc) is 2.04. The lowest BCUT2D eigenvalue weighted by Crippen LogP contribution is -2.21. The van der Waals surface area contributed by atoms with Crippen LogP contribution in [0.15, 0.2) is 5.70 Å². The molecule has 0 aromatic heterocycles. The number of rotatable bonds is 6. The summed E-state index contributed by atoms with van der Waals surface area (Å²) in [6.45, 7) is 2.34. The van der Waals surface area contributed by atoms with Crippen LogP contribution in [0.5, 0.6) is 0 Å². The quantitative estimate of drug-likeness (QED) is 0.258. The second kappa shape index (κ2) is 6.39. The summed E-state index contributed by atoms with van der Waals surface area (Å²) in [6.07, 6.45) is 1.74. The minimum atomic E-state index is -1.37. The fourth-order valence-electron chi connectivity index (χ4n) is 0.448. The Balaban J connectivity index is 3.61. The van der Waals surface area contributed by atoms with Crippen molar-refractivity contribution in [2.75, 3.05) is 6.61 Å². The van der Waals surface area contributed by atoms with E-state index in [1.165, 1.54) is 5.94 Å². The molecule has 0 heterocycles. The van der Waals surface area contributed by atoms with Crippen LogP contribution in [-0.4, -0.2) is 23.6 Å². The van der Waals surface area contributed by atoms with Gasteiger partial charge in [0.15, 0.2) is 5.94 Å². The number of nitrogens with one attached hydrogen (secondary N) is 1. The van der Waals surface area contributed by atoms with Crippen LogP contribution in [0.25, 0.3) is 0 Å². The molecule has 0 aliphatic carbocycles. The zero-order valence-corrected chi connectivity index (χ0v) is 6.79. The van der Waals surface area contributed by atoms with Gasteiger partial charge < -0.3 is 5.11 Å². The van der Waals surface area contributed by atoms with Gasteiger partial charge >= 0.3 is 5.97 Å². The summed E-state index contributed by atoms with van der Waals surface area (Å²) < 4.78 is 0. The molecule has 2 N–H and O–H groups in total. The van der Waals surface area contributed by atoms with Gasteiger partial charge in [-0.1, -0.05) is 13.3 Å². The van der Waals surface area contributed by atoms with Crippen molar-refractivity contribution in [1.29, 1.82) is 0 Å². The van der Waals surface area contributed by atoms with Crippen molar-refractivity contribution in [3.05, 3.63) is 5.70 Å². The van der Waals surface area contributed by atoms with E-state index < -0.39 is 11.7 Å². The first kappa shape index (κ1) is 10.7. The van der Waals surface area contributed by atoms with Crippen LogP contribution in [0.1, 0.15) is 19.8 Å². The second-order valence-corrected chi connectivity index (χ2v) is 2.09. The van der Waals surface area contributed by atoms with Crippen molar-refractivity contribution in [1.82, 2.24) is 5.48 Å². The molecule has 68 valence electrons. The Labute approximate surface area is 70.0 Å². The molecule has 5 nitrogen and oxygen atoms in total. The van der Waals surface area contributed by atoms with Gasteiger partial charge in [0.1, 0.15) is 0 Å². The number of unbranched alkanes of at least 4 members (excludes halogenated alkanes) is 1. The SMILES string of the molecule is CCCCONC(=C=O)C(=O)O. The largest absolute Gasteiger partial charge is 0.476 e. The molecule has 12 heavy (non-hydrogen) atoms. The molecule has 0 bridgehead atoms. The highest BCUT2D eigenvalue weighted by molar-refractivity contribution is 5.94. The summed E-state index contributed by atoms with van der Waals surface area (Å²) in [5, 5.41) is 8.29. The van der Waals surface area contributed by atoms with Crippen molar-refractivity contribution >= 4 is 11.9 Å². The van der Waals surface area contributed by atoms with E-state index in [1.807, 2.05) is 12.4 Å². The van der Waals surface area contributed by atoms with Gasteiger partial charge in [-0.3, -0.25) is 4.84 Å². The summed E-state index contributed by atoms with van der Waals surface area (Å²) >= 11 is 0. The van der Waals surface area contributed by atoms with Gasteiger partial charge in [0.2, 0.25) is 5.70 Å². The number of carbonyl (C=O) groups excluding carboxylic acids is 1. The molecule has 0 aliphatic heterocycles. The summed E-state index contributed by atoms with van der Waals surface area (Å²) in [7, 11) is 0. The maximum Gasteiger partial charge on any atom is 0.365 e. The molecule has 0 amide bonds. The molecule has 0 aromatic rings. The number of carbonyl (C=O) groups is 1. The van der Waals surface area contributed by atoms with Crippen LogP contribution in [0.4, 0.5) is 0 Å². The van der Waals surface area contributed by atoms with E-state index in [1.54, 1.807) is 0 Å². The van der Waals surface area contributed by atoms with Crippen molar-refractivity contribution in [2.24, 2.45) is 0 Å². The van der Waals surface area contributed by atoms with Crippen molar-refractivity contribution < 1.29 is 19.5 Å². The molecule has 0 saturated heterocycles. The molecule has 0 spiro atoms. The first-order valence-electron chi connectivity index (χ1n) is 3.58. The second-order valence-electron chi connectivity index (χ2n) is 2.09. The van der Waals surface area contributed by atoms with E-state index in [4.69, 9.17) is 5.11 Å². The molecule has 0 aliphatic rings. The Morgan fingerprint density at radius 1 is 1.67 bits per heavy atom. The highest BCUT2D eigenvalue weighted by Gasteiger charge is 2.06. The molecular weight excluding hydrogens is 162 g/mol. The molecule has 0 unspecified atom stereocenters. The van der Waals surface area contributed by atoms with Gasteiger partial charge in [-0.15, -0.1) is 0 Å². The smallest absolute Gasteiger partial charge is 0.365 e. The third-order valence-corrected chi connectivity index (χ3v) is 1.09. The Bertz CT molecular complexity index is 196. The number of hydroxylamine groups is 1. The fourth-order valence-corrected chi connectivity index (χ4v) is 0.448. The first-order valence-corrected chi connectivity index (χ1v) is 3.58. The summed E-state index contributed by atoms with van der Waals surface area (Å²) in [4.78, 5) is 24.7. The van der Waals surface area contributed by atoms with Crippen LogP contribution in [0, 0.1) is 0 Å². The van der Waals surface area contributed by atoms with Gasteiger partial charge in [-0.05, 0) is 6.42 Å². The van der Waals surface area contributed by atoms with Crippen molar-refractivity contribution in [3.63, 3.8) is 0 Å². The summed E-state index contributed by atoms with van der Waals surface area (Å²) in [5.41, 5.74) is 1.39. The zero-order valence-electron chi connectivity index (χ0n) is 6.79. The third-order valence-electron chi connectivity index (χ3n) is 1.09. The van der Waals surface area contributed by atoms with E-state index in [0.29, 0.717) is 6.61 Å². The number of carboxylic acids is 1. The molecule has 5 heteroatoms. The van der Waals surface area contributed by atoms with Gasteiger partial charge in [0.25, 0.3) is 0 Å². The summed E-state index contributed by atoms with van der Waals surface area (Å²) in [6, 6.07) is 0. The highest BCUT2D eigenvalue weighted by atomic mass is 16.6. The van der Waals surface area contributed by atoms with Crippen LogP contribution in [-0.2, 0) is 14.4 Å². The molecule has 0 atom stereocenters. The maximum absolute atomic E-state index is 10.2. The number of aliphatic carboxylic acids is 1. The Morgan fingerprint density at radius 3 is 2.75 bits per heavy atom. The Kier molecular flexibility index (Phi) is 5.69. The normalized spacial score (nSPS) is 8.75. The molecule has 0 rings (SSSR count). The Hall–Kier alpha value is -1.32. The Morgan fingerprint density at radius 2 is 2.33 bits per heavy atom. The molecule has 0 fully saturated rings. The minimum absolute atomic E-state index is 0.370. The average molecular weight is 173 g/mol. The third kappa shape index (κ3) is 4.49. The molecule has 0 saturated carbocycles. The van der Waals surface area contributed by atoms with E-state index in [-0.39, 0.29) is 0 Å². The van der Waals surface area contributed by atoms with Crippen molar-refractivity contribution in [3.8, 4) is 0 Å². The monoisotopic (exact) mass is 173 g/mol. The van der Waals surface area contributed by atoms with Crippen LogP contribution in [0.2, 0.25) is 0 Å². The predicted octanol–water partition coefficient (Wildman–Crippen LogP) is 0.108. The van der Waals surface area contributed by atoms with Crippen LogP contribution < -0.4 is 5.48 Å². The van der Waals surface area contributed by atoms with E-state index in [0.717, 1.165) is 12.8 Å². The van der Waals surface area contributed by atoms with Crippen LogP contribution in [0.3, 0.4) is 0 Å². The highest BCUT2D eigenvalue weighted by Crippen LogP contribution is 1.87. The van der Waals surface area contributed by atoms with E-state index in [2.05, 4.69) is 4.84 Å². The van der Waals surface area contributed by atoms with Gasteiger partial charge in [-0.2, -0.15) is 0 Å². The number of hydrogen-bond acceptors (Lipinski definition) is 4. The molecule has 0 radical (unpaired) electrons. The van der Waals surface area contributed by atoms with Gasteiger partial charge in [0.05, 0.1) is 6.61 Å². The number of hydrogen-bond donors (Lipinski definition) is 2. The van der Waals surface area contributed by atoms with Gasteiger partial charge in [-0.25, -0.2) is 15.1 Å². The molecular formula is C7H11NO4. The van der Waals surface area contributed by atoms with Gasteiger partial charge in [0, 0.05) is 0 Å². The first-order chi connectivity index (χ1) is 5.72. The lowest BCUT2D eigenvalue weighted by molar-refractivity contribution is -0.134. The minimum Gasteiger partial charge on any atom is -0.476 e. The predicted molar refractivity (Wildman–Crippen MR) is 40.8 cm³/mol. The van der Waals surface area contributed by atoms with Crippen LogP contribution >= 0.6 is 0 Å². The standard InChI is InChI=1S/C7H11NO4/c1-2-3-4-12-8-6(5-9)7(10)11/h8H,2-4H2,1H3,(H,10,11).